The number of fused-ring (bicyclic) bond motifs is 2. The van der Waals surface area contributed by atoms with E-state index in [0.29, 0.717) is 16.9 Å². The normalized spacial score (nSPS) is 27.2. The third-order valence-electron chi connectivity index (χ3n) is 6.81. The van der Waals surface area contributed by atoms with Gasteiger partial charge in [-0.05, 0) is 66.7 Å². The number of benzene rings is 1. The maximum Gasteiger partial charge on any atom is 0.219 e. The molecule has 0 saturated heterocycles. The van der Waals surface area contributed by atoms with Crippen LogP contribution in [0.4, 0.5) is 0 Å². The molecule has 0 amide bonds. The summed E-state index contributed by atoms with van der Waals surface area (Å²) < 4.78 is 5.83. The zero-order valence-corrected chi connectivity index (χ0v) is 15.9. The average Bonchev–Trinajstić information content (AvgIpc) is 2.68. The summed E-state index contributed by atoms with van der Waals surface area (Å²) in [5, 5.41) is 8.90. The van der Waals surface area contributed by atoms with E-state index in [1.165, 1.54) is 50.3 Å². The molecule has 2 saturated carbocycles. The number of Topliss-reactive ketones (excluding diaryl/α,β-unsaturated/α-hetero) is 1. The van der Waals surface area contributed by atoms with Crippen molar-refractivity contribution in [2.45, 2.75) is 50.9 Å². The Morgan fingerprint density at radius 2 is 1.70 bits per heavy atom. The number of ether oxygens (including phenoxy) is 1. The van der Waals surface area contributed by atoms with E-state index in [1.54, 1.807) is 12.1 Å². The minimum Gasteiger partial charge on any atom is -0.439 e. The van der Waals surface area contributed by atoms with E-state index in [9.17, 15) is 4.79 Å². The van der Waals surface area contributed by atoms with Crippen molar-refractivity contribution in [1.29, 1.82) is 0 Å². The molecule has 0 aliphatic heterocycles. The quantitative estimate of drug-likeness (QED) is 0.765. The molecule has 4 rings (SSSR count). The number of aliphatic hydroxyl groups is 1. The third-order valence-corrected chi connectivity index (χ3v) is 6.81. The molecule has 4 heteroatoms. The molecule has 2 aliphatic carbocycles. The molecule has 2 aromatic rings. The van der Waals surface area contributed by atoms with E-state index in [4.69, 9.17) is 9.84 Å². The smallest absolute Gasteiger partial charge is 0.219 e. The Balaban J connectivity index is 1.50. The van der Waals surface area contributed by atoms with Crippen LogP contribution in [0.1, 0.15) is 61.4 Å². The number of hydrogen-bond donors (Lipinski definition) is 1. The first-order valence-corrected chi connectivity index (χ1v) is 10.00. The lowest BCUT2D eigenvalue weighted by molar-refractivity contribution is 0.0666. The molecule has 0 radical (unpaired) electrons. The predicted octanol–water partition coefficient (Wildman–Crippen LogP) is 4.91. The van der Waals surface area contributed by atoms with Crippen LogP contribution >= 0.6 is 0 Å². The first kappa shape index (κ1) is 18.2. The molecule has 1 aromatic heterocycles. The van der Waals surface area contributed by atoms with Crippen molar-refractivity contribution < 1.29 is 14.6 Å². The van der Waals surface area contributed by atoms with Gasteiger partial charge in [-0.2, -0.15) is 0 Å². The number of aromatic nitrogens is 1. The van der Waals surface area contributed by atoms with Crippen LogP contribution in [0, 0.1) is 11.8 Å². The summed E-state index contributed by atoms with van der Waals surface area (Å²) in [6.45, 7) is 1.96. The summed E-state index contributed by atoms with van der Waals surface area (Å²) >= 11 is 0. The van der Waals surface area contributed by atoms with Gasteiger partial charge in [-0.25, -0.2) is 4.98 Å². The average molecular weight is 365 g/mol. The molecular weight excluding hydrogens is 338 g/mol. The SMILES string of the molecule is CC1(c2ccc(Oc3ccc(C(=O)CO)cn3)cc2)C2CCCC1CCC2. The van der Waals surface area contributed by atoms with Gasteiger partial charge >= 0.3 is 0 Å². The Bertz CT molecular complexity index is 775. The number of ketones is 1. The second-order valence-electron chi connectivity index (χ2n) is 8.13. The topological polar surface area (TPSA) is 59.4 Å². The van der Waals surface area contributed by atoms with Gasteiger partial charge in [0.25, 0.3) is 0 Å². The van der Waals surface area contributed by atoms with Crippen LogP contribution in [0.15, 0.2) is 42.6 Å². The summed E-state index contributed by atoms with van der Waals surface area (Å²) in [7, 11) is 0. The van der Waals surface area contributed by atoms with Gasteiger partial charge in [0.15, 0.2) is 5.78 Å². The number of carbonyl (C=O) groups is 1. The second-order valence-corrected chi connectivity index (χ2v) is 8.13. The highest BCUT2D eigenvalue weighted by Crippen LogP contribution is 2.54. The Morgan fingerprint density at radius 3 is 2.22 bits per heavy atom. The van der Waals surface area contributed by atoms with Crippen LogP contribution in [-0.4, -0.2) is 22.5 Å². The lowest BCUT2D eigenvalue weighted by atomic mass is 9.53. The first-order chi connectivity index (χ1) is 13.1. The van der Waals surface area contributed by atoms with Crippen LogP contribution in [0.3, 0.4) is 0 Å². The van der Waals surface area contributed by atoms with Crippen molar-refractivity contribution in [1.82, 2.24) is 4.98 Å². The van der Waals surface area contributed by atoms with Crippen molar-refractivity contribution in [3.05, 3.63) is 53.7 Å². The fraction of sp³-hybridized carbons (Fsp3) is 0.478. The Morgan fingerprint density at radius 1 is 1.07 bits per heavy atom. The fourth-order valence-corrected chi connectivity index (χ4v) is 5.21. The van der Waals surface area contributed by atoms with Crippen molar-refractivity contribution in [3.8, 4) is 11.6 Å². The molecule has 0 unspecified atom stereocenters. The molecular formula is C23H27NO3. The number of nitrogens with zero attached hydrogens (tertiary/aromatic N) is 1. The van der Waals surface area contributed by atoms with E-state index in [1.807, 2.05) is 12.1 Å². The van der Waals surface area contributed by atoms with Gasteiger partial charge in [-0.3, -0.25) is 4.79 Å². The number of pyridine rings is 1. The molecule has 1 aromatic carbocycles. The van der Waals surface area contributed by atoms with Gasteiger partial charge in [-0.1, -0.05) is 31.9 Å². The molecule has 1 N–H and O–H groups in total. The molecule has 0 atom stereocenters. The summed E-state index contributed by atoms with van der Waals surface area (Å²) in [4.78, 5) is 15.6. The molecule has 1 heterocycles. The van der Waals surface area contributed by atoms with E-state index in [2.05, 4.69) is 24.0 Å². The first-order valence-electron chi connectivity index (χ1n) is 10.00. The van der Waals surface area contributed by atoms with Crippen molar-refractivity contribution >= 4 is 5.78 Å². The summed E-state index contributed by atoms with van der Waals surface area (Å²) in [6, 6.07) is 11.8. The monoisotopic (exact) mass is 365 g/mol. The van der Waals surface area contributed by atoms with Gasteiger partial charge in [0.2, 0.25) is 5.88 Å². The molecule has 0 spiro atoms. The molecule has 2 aliphatic rings. The van der Waals surface area contributed by atoms with Crippen LogP contribution in [-0.2, 0) is 5.41 Å². The Hall–Kier alpha value is -2.20. The number of aliphatic hydroxyl groups excluding tert-OH is 1. The largest absolute Gasteiger partial charge is 0.439 e. The van der Waals surface area contributed by atoms with Crippen LogP contribution in [0.25, 0.3) is 0 Å². The predicted molar refractivity (Wildman–Crippen MR) is 104 cm³/mol. The highest BCUT2D eigenvalue weighted by atomic mass is 16.5. The minimum atomic E-state index is -0.510. The second kappa shape index (κ2) is 7.43. The minimum absolute atomic E-state index is 0.291. The van der Waals surface area contributed by atoms with E-state index >= 15 is 0 Å². The summed E-state index contributed by atoms with van der Waals surface area (Å²) in [5.41, 5.74) is 2.11. The highest BCUT2D eigenvalue weighted by molar-refractivity contribution is 5.96. The molecule has 142 valence electrons. The molecule has 4 nitrogen and oxygen atoms in total. The van der Waals surface area contributed by atoms with Gasteiger partial charge in [0, 0.05) is 17.8 Å². The van der Waals surface area contributed by atoms with Crippen LogP contribution in [0.5, 0.6) is 11.6 Å². The fourth-order valence-electron chi connectivity index (χ4n) is 5.21. The van der Waals surface area contributed by atoms with E-state index < -0.39 is 6.61 Å². The lowest BCUT2D eigenvalue weighted by Crippen LogP contribution is -2.45. The van der Waals surface area contributed by atoms with Crippen LogP contribution < -0.4 is 4.74 Å². The molecule has 2 bridgehead atoms. The summed E-state index contributed by atoms with van der Waals surface area (Å²) in [5.74, 6) is 2.45. The maximum atomic E-state index is 11.5. The van der Waals surface area contributed by atoms with Crippen LogP contribution in [0.2, 0.25) is 0 Å². The Labute approximate surface area is 160 Å². The standard InChI is InChI=1S/C23H27NO3/c1-23(17-4-2-5-18(23)7-3-6-17)19-9-11-20(12-10-19)27-22-13-8-16(14-24-22)21(26)15-25/h8-14,17-18,25H,2-7,15H2,1H3. The maximum absolute atomic E-state index is 11.5. The number of carbonyl (C=O) groups excluding carboxylic acids is 1. The molecule has 27 heavy (non-hydrogen) atoms. The molecule has 2 fully saturated rings. The third kappa shape index (κ3) is 3.39. The van der Waals surface area contributed by atoms with Gasteiger partial charge in [-0.15, -0.1) is 0 Å². The zero-order valence-electron chi connectivity index (χ0n) is 15.9. The van der Waals surface area contributed by atoms with E-state index in [0.717, 1.165) is 17.6 Å². The Kier molecular flexibility index (Phi) is 5.00. The van der Waals surface area contributed by atoms with Gasteiger partial charge in [0.1, 0.15) is 12.4 Å². The zero-order chi connectivity index (χ0) is 18.9. The van der Waals surface area contributed by atoms with Crippen molar-refractivity contribution in [3.63, 3.8) is 0 Å². The van der Waals surface area contributed by atoms with Gasteiger partial charge < -0.3 is 9.84 Å². The summed E-state index contributed by atoms with van der Waals surface area (Å²) in [6.07, 6.45) is 9.62. The lowest BCUT2D eigenvalue weighted by Gasteiger charge is -2.52. The van der Waals surface area contributed by atoms with Crippen molar-refractivity contribution in [2.75, 3.05) is 6.61 Å². The van der Waals surface area contributed by atoms with E-state index in [-0.39, 0.29) is 5.78 Å². The highest BCUT2D eigenvalue weighted by Gasteiger charge is 2.46. The van der Waals surface area contributed by atoms with Crippen molar-refractivity contribution in [2.24, 2.45) is 11.8 Å². The van der Waals surface area contributed by atoms with Gasteiger partial charge in [0.05, 0.1) is 0 Å². The number of hydrogen-bond acceptors (Lipinski definition) is 4. The number of rotatable bonds is 5.